The first-order valence-electron chi connectivity index (χ1n) is 20.7. The Morgan fingerprint density at radius 2 is 1.05 bits per heavy atom. The molecule has 0 saturated heterocycles. The van der Waals surface area contributed by atoms with Crippen LogP contribution < -0.4 is 16.0 Å². The smallest absolute Gasteiger partial charge is 0.338 e. The maximum atomic E-state index is 12.2. The molecule has 3 aliphatic rings. The number of aryl methyl sites for hydroxylation is 3. The zero-order valence-corrected chi connectivity index (χ0v) is 38.6. The second-order valence-electron chi connectivity index (χ2n) is 17.1. The molecule has 0 aliphatic carbocycles. The van der Waals surface area contributed by atoms with Crippen LogP contribution in [0.3, 0.4) is 0 Å². The Morgan fingerprint density at radius 1 is 0.619 bits per heavy atom. The molecule has 63 heavy (non-hydrogen) atoms. The lowest BCUT2D eigenvalue weighted by atomic mass is 9.89. The van der Waals surface area contributed by atoms with E-state index in [0.717, 1.165) is 16.7 Å². The first kappa shape index (κ1) is 49.1. The number of pyridine rings is 1. The molecule has 3 amide bonds. The number of rotatable bonds is 10. The summed E-state index contributed by atoms with van der Waals surface area (Å²) >= 11 is 0. The van der Waals surface area contributed by atoms with E-state index in [9.17, 15) is 33.9 Å². The van der Waals surface area contributed by atoms with Crippen molar-refractivity contribution in [2.45, 2.75) is 106 Å². The lowest BCUT2D eigenvalue weighted by Gasteiger charge is -2.21. The number of amides is 3. The van der Waals surface area contributed by atoms with Crippen molar-refractivity contribution < 1.29 is 43.3 Å². The number of nitrogens with zero attached hydrogens (tertiary/aromatic N) is 4. The van der Waals surface area contributed by atoms with E-state index in [1.165, 1.54) is 14.2 Å². The van der Waals surface area contributed by atoms with Crippen molar-refractivity contribution in [2.24, 2.45) is 32.7 Å². The van der Waals surface area contributed by atoms with Crippen molar-refractivity contribution in [2.75, 3.05) is 14.2 Å². The topological polar surface area (TPSA) is 227 Å². The second kappa shape index (κ2) is 19.2. The Bertz CT molecular complexity index is 2440. The van der Waals surface area contributed by atoms with Gasteiger partial charge in [-0.05, 0) is 88.6 Å². The van der Waals surface area contributed by atoms with Crippen LogP contribution in [0, 0.1) is 31.6 Å². The van der Waals surface area contributed by atoms with Gasteiger partial charge < -0.3 is 30.5 Å². The molecule has 0 radical (unpaired) electrons. The average molecular weight is 866 g/mol. The predicted octanol–water partition coefficient (Wildman–Crippen LogP) is 5.78. The number of aromatic nitrogens is 1. The van der Waals surface area contributed by atoms with Crippen LogP contribution in [0.4, 0.5) is 0 Å². The average Bonchev–Trinajstić information content (AvgIpc) is 3.86. The minimum absolute atomic E-state index is 0.00167. The van der Waals surface area contributed by atoms with E-state index in [-0.39, 0.29) is 52.6 Å². The highest BCUT2D eigenvalue weighted by Crippen LogP contribution is 2.30. The van der Waals surface area contributed by atoms with E-state index < -0.39 is 34.5 Å². The highest BCUT2D eigenvalue weighted by Gasteiger charge is 2.45. The largest absolute Gasteiger partial charge is 0.478 e. The van der Waals surface area contributed by atoms with Gasteiger partial charge in [-0.25, -0.2) is 19.4 Å². The summed E-state index contributed by atoms with van der Waals surface area (Å²) in [5.74, 6) is -1.29. The molecule has 4 N–H and O–H groups in total. The number of nitrogens with one attached hydrogen (secondary N) is 3. The van der Waals surface area contributed by atoms with E-state index >= 15 is 0 Å². The van der Waals surface area contributed by atoms with Gasteiger partial charge in [0.05, 0.1) is 30.9 Å². The summed E-state index contributed by atoms with van der Waals surface area (Å²) in [5.41, 5.74) is 2.48. The monoisotopic (exact) mass is 865 g/mol. The summed E-state index contributed by atoms with van der Waals surface area (Å²) in [6.45, 7) is 22.7. The van der Waals surface area contributed by atoms with Crippen molar-refractivity contribution in [3.63, 3.8) is 0 Å². The molecule has 6 rings (SSSR count). The minimum atomic E-state index is -1.08. The number of esters is 2. The molecule has 16 heteroatoms. The lowest BCUT2D eigenvalue weighted by molar-refractivity contribution is -0.125. The number of carboxylic acid groups (broad SMARTS) is 1. The number of methoxy groups -OCH3 is 2. The van der Waals surface area contributed by atoms with E-state index in [2.05, 4.69) is 35.9 Å². The summed E-state index contributed by atoms with van der Waals surface area (Å²) in [6, 6.07) is 12.3. The summed E-state index contributed by atoms with van der Waals surface area (Å²) in [5, 5.41) is 17.6. The Kier molecular flexibility index (Phi) is 15.0. The normalized spacial score (nSPS) is 21.3. The van der Waals surface area contributed by atoms with Gasteiger partial charge in [0.1, 0.15) is 34.0 Å². The maximum Gasteiger partial charge on any atom is 0.338 e. The van der Waals surface area contributed by atoms with Crippen LogP contribution in [0.25, 0.3) is 0 Å². The first-order valence-corrected chi connectivity index (χ1v) is 20.7. The number of hydrogen-bond acceptors (Lipinski definition) is 12. The van der Waals surface area contributed by atoms with Gasteiger partial charge in [-0.15, -0.1) is 0 Å². The van der Waals surface area contributed by atoms with Crippen molar-refractivity contribution in [3.05, 3.63) is 98.9 Å². The number of amidine groups is 3. The number of benzene rings is 2. The van der Waals surface area contributed by atoms with E-state index in [4.69, 9.17) is 9.47 Å². The zero-order chi connectivity index (χ0) is 47.4. The number of aromatic carboxylic acids is 1. The number of carbonyl (C=O) groups excluding carboxylic acids is 5. The number of carboxylic acids is 1. The third kappa shape index (κ3) is 10.1. The highest BCUT2D eigenvalue weighted by atomic mass is 16.5. The van der Waals surface area contributed by atoms with Crippen LogP contribution >= 0.6 is 0 Å². The van der Waals surface area contributed by atoms with Gasteiger partial charge in [0.2, 0.25) is 0 Å². The number of ether oxygens (including phenoxy) is 2. The molecular formula is C47H59N7O9. The minimum Gasteiger partial charge on any atom is -0.478 e. The van der Waals surface area contributed by atoms with Crippen LogP contribution in [0.5, 0.6) is 0 Å². The molecule has 16 nitrogen and oxygen atoms in total. The first-order chi connectivity index (χ1) is 29.4. The van der Waals surface area contributed by atoms with Crippen LogP contribution in [0.15, 0.2) is 63.6 Å². The molecule has 3 atom stereocenters. The van der Waals surface area contributed by atoms with Crippen molar-refractivity contribution in [3.8, 4) is 0 Å². The van der Waals surface area contributed by atoms with Gasteiger partial charge in [0, 0.05) is 17.3 Å². The highest BCUT2D eigenvalue weighted by molar-refractivity contribution is 6.20. The van der Waals surface area contributed by atoms with Crippen molar-refractivity contribution in [1.29, 1.82) is 0 Å². The lowest BCUT2D eigenvalue weighted by Crippen LogP contribution is -2.41. The van der Waals surface area contributed by atoms with Crippen molar-refractivity contribution >= 4 is 53.1 Å². The molecule has 336 valence electrons. The molecule has 2 aromatic carbocycles. The Hall–Kier alpha value is -6.58. The Morgan fingerprint density at radius 3 is 1.49 bits per heavy atom. The Labute approximate surface area is 368 Å². The van der Waals surface area contributed by atoms with Crippen molar-refractivity contribution in [1.82, 2.24) is 20.9 Å². The fourth-order valence-corrected chi connectivity index (χ4v) is 6.51. The summed E-state index contributed by atoms with van der Waals surface area (Å²) in [6.07, 6.45) is 2.30. The molecule has 3 aromatic rings. The van der Waals surface area contributed by atoms with Gasteiger partial charge in [-0.1, -0.05) is 77.8 Å². The van der Waals surface area contributed by atoms with E-state index in [1.807, 2.05) is 80.5 Å². The predicted molar refractivity (Wildman–Crippen MR) is 239 cm³/mol. The molecule has 0 bridgehead atoms. The van der Waals surface area contributed by atoms with Gasteiger partial charge in [-0.2, -0.15) is 0 Å². The van der Waals surface area contributed by atoms with Crippen LogP contribution in [-0.4, -0.2) is 94.1 Å². The molecule has 0 saturated carbocycles. The van der Waals surface area contributed by atoms with Crippen LogP contribution in [-0.2, 0) is 30.3 Å². The number of carbonyl (C=O) groups is 6. The SMILES string of the molecule is CCc1cnc(C2=NC(C)(C(C)C)C(=O)N2)c(C(=O)O)c1.COC(=O)c1cc(C)ccc1C1=NC(C)(C(C)C)C(=O)N1.COC(=O)c1ccc(C)cc1C1=NC(C)(C(C)C)C(=O)N1. The summed E-state index contributed by atoms with van der Waals surface area (Å²) < 4.78 is 9.61. The molecule has 3 aliphatic heterocycles. The third-order valence-corrected chi connectivity index (χ3v) is 12.0. The molecular weight excluding hydrogens is 807 g/mol. The summed E-state index contributed by atoms with van der Waals surface area (Å²) in [4.78, 5) is 89.4. The molecule has 0 fully saturated rings. The molecule has 1 aromatic heterocycles. The zero-order valence-electron chi connectivity index (χ0n) is 38.6. The standard InChI is InChI=1S/2C16H20N2O3.C15H19N3O3/c1-9(2)16(4)15(20)17-13(18-16)12-8-10(3)6-7-11(12)14(19)21-5;1-9(2)16(4)15(20)17-13(18-16)11-7-6-10(3)8-12(11)14(19)21-5;1-5-9-6-10(13(19)20)11(16-7-9)12-17-14(21)15(4,18-12)8(2)3/h2*6-9H,1-5H3,(H,17,18,20);6-8H,5H2,1-4H3,(H,19,20)(H,17,18,21). The van der Waals surface area contributed by atoms with Gasteiger partial charge in [-0.3, -0.25) is 29.4 Å². The maximum absolute atomic E-state index is 12.2. The van der Waals surface area contributed by atoms with E-state index in [1.54, 1.807) is 51.2 Å². The fourth-order valence-electron chi connectivity index (χ4n) is 6.51. The fraction of sp³-hybridized carbons (Fsp3) is 0.447. The summed E-state index contributed by atoms with van der Waals surface area (Å²) in [7, 11) is 2.67. The quantitative estimate of drug-likeness (QED) is 0.180. The molecule has 3 unspecified atom stereocenters. The Balaban J connectivity index is 0.000000207. The van der Waals surface area contributed by atoms with Crippen LogP contribution in [0.1, 0.15) is 134 Å². The molecule has 4 heterocycles. The molecule has 0 spiro atoms. The van der Waals surface area contributed by atoms with E-state index in [0.29, 0.717) is 40.3 Å². The van der Waals surface area contributed by atoms with Gasteiger partial charge in [0.15, 0.2) is 5.84 Å². The number of hydrogen-bond donors (Lipinski definition) is 4. The van der Waals surface area contributed by atoms with Gasteiger partial charge in [0.25, 0.3) is 17.7 Å². The van der Waals surface area contributed by atoms with Crippen LogP contribution in [0.2, 0.25) is 0 Å². The second-order valence-corrected chi connectivity index (χ2v) is 17.1. The van der Waals surface area contributed by atoms with Gasteiger partial charge >= 0.3 is 17.9 Å². The number of aliphatic imine (C=N–C) groups is 3. The third-order valence-electron chi connectivity index (χ3n) is 12.0.